The molecular weight excluding hydrogens is 242 g/mol. The van der Waals surface area contributed by atoms with Crippen LogP contribution >= 0.6 is 0 Å². The van der Waals surface area contributed by atoms with Crippen molar-refractivity contribution in [3.8, 4) is 0 Å². The predicted molar refractivity (Wildman–Crippen MR) is 48.7 cm³/mol. The molecule has 7 heteroatoms. The van der Waals surface area contributed by atoms with Crippen LogP contribution in [0.3, 0.4) is 0 Å². The van der Waals surface area contributed by atoms with Crippen molar-refractivity contribution in [1.29, 1.82) is 0 Å². The molecule has 1 aromatic rings. The van der Waals surface area contributed by atoms with E-state index in [0.29, 0.717) is 0 Å². The quantitative estimate of drug-likeness (QED) is 0.562. The van der Waals surface area contributed by atoms with Crippen molar-refractivity contribution >= 4 is 17.4 Å². The van der Waals surface area contributed by atoms with Crippen LogP contribution in [0.4, 0.5) is 23.2 Å². The van der Waals surface area contributed by atoms with Gasteiger partial charge in [0, 0.05) is 6.42 Å². The molecule has 1 N–H and O–H groups in total. The number of carbonyl (C=O) groups excluding carboxylic acids is 2. The van der Waals surface area contributed by atoms with Crippen molar-refractivity contribution in [1.82, 2.24) is 0 Å². The van der Waals surface area contributed by atoms with Crippen LogP contribution in [-0.4, -0.2) is 11.7 Å². The van der Waals surface area contributed by atoms with Crippen LogP contribution in [0.25, 0.3) is 0 Å². The number of fused-ring (bicyclic) bond motifs is 1. The average Bonchev–Trinajstić information content (AvgIpc) is 2.18. The van der Waals surface area contributed by atoms with Gasteiger partial charge in [-0.15, -0.1) is 0 Å². The molecule has 90 valence electrons. The normalized spacial score (nSPS) is 15.5. The number of rotatable bonds is 0. The van der Waals surface area contributed by atoms with Gasteiger partial charge in [0.05, 0.1) is 11.3 Å². The van der Waals surface area contributed by atoms with Gasteiger partial charge in [-0.25, -0.2) is 4.39 Å². The molecule has 0 spiro atoms. The second kappa shape index (κ2) is 3.54. The predicted octanol–water partition coefficient (Wildman–Crippen LogP) is 1.91. The van der Waals surface area contributed by atoms with E-state index in [2.05, 4.69) is 0 Å². The van der Waals surface area contributed by atoms with Crippen LogP contribution in [0.15, 0.2) is 12.1 Å². The minimum Gasteiger partial charge on any atom is -0.319 e. The van der Waals surface area contributed by atoms with E-state index >= 15 is 0 Å². The van der Waals surface area contributed by atoms with Gasteiger partial charge in [-0.1, -0.05) is 0 Å². The van der Waals surface area contributed by atoms with Gasteiger partial charge in [0.1, 0.15) is 5.82 Å². The number of ketones is 1. The second-order valence-electron chi connectivity index (χ2n) is 3.54. The van der Waals surface area contributed by atoms with Crippen LogP contribution in [0.1, 0.15) is 11.1 Å². The maximum atomic E-state index is 13.0. The molecule has 0 fully saturated rings. The molecule has 0 bridgehead atoms. The zero-order valence-electron chi connectivity index (χ0n) is 8.19. The van der Waals surface area contributed by atoms with Crippen LogP contribution in [0.2, 0.25) is 0 Å². The summed E-state index contributed by atoms with van der Waals surface area (Å²) in [6, 6.07) is 1.09. The monoisotopic (exact) mass is 247 g/mol. The minimum absolute atomic E-state index is 0.165. The van der Waals surface area contributed by atoms with E-state index in [1.54, 1.807) is 0 Å². The maximum Gasteiger partial charge on any atom is 0.418 e. The van der Waals surface area contributed by atoms with E-state index < -0.39 is 41.4 Å². The molecule has 1 amide bonds. The summed E-state index contributed by atoms with van der Waals surface area (Å²) in [5.74, 6) is -3.11. The lowest BCUT2D eigenvalue weighted by Crippen LogP contribution is -2.31. The molecule has 2 rings (SSSR count). The van der Waals surface area contributed by atoms with Gasteiger partial charge >= 0.3 is 6.18 Å². The number of alkyl halides is 3. The number of anilines is 1. The fourth-order valence-electron chi connectivity index (χ4n) is 1.61. The molecule has 17 heavy (non-hydrogen) atoms. The highest BCUT2D eigenvalue weighted by Crippen LogP contribution is 2.38. The number of hydrogen-bond donors (Lipinski definition) is 1. The van der Waals surface area contributed by atoms with Gasteiger partial charge in [0.2, 0.25) is 5.78 Å². The van der Waals surface area contributed by atoms with Crippen molar-refractivity contribution in [2.24, 2.45) is 0 Å². The Labute approximate surface area is 92.4 Å². The van der Waals surface area contributed by atoms with Crippen molar-refractivity contribution < 1.29 is 27.2 Å². The van der Waals surface area contributed by atoms with Crippen molar-refractivity contribution in [2.45, 2.75) is 12.6 Å². The highest BCUT2D eigenvalue weighted by Gasteiger charge is 2.38. The number of amides is 1. The van der Waals surface area contributed by atoms with Crippen LogP contribution < -0.4 is 5.32 Å². The SMILES string of the molecule is O=C1Cc2cc(F)cc(C(F)(F)F)c2NC1=O. The molecule has 3 nitrogen and oxygen atoms in total. The molecule has 1 aromatic carbocycles. The number of carbonyl (C=O) groups is 2. The minimum atomic E-state index is -4.79. The standard InChI is InChI=1S/C10H5F4NO2/c11-5-1-4-2-7(16)9(17)15-8(4)6(3-5)10(12,13)14/h1,3H,2H2,(H,15,17). The lowest BCUT2D eigenvalue weighted by molar-refractivity contribution is -0.138. The summed E-state index contributed by atoms with van der Waals surface area (Å²) in [4.78, 5) is 22.0. The van der Waals surface area contributed by atoms with Crippen LogP contribution in [0, 0.1) is 5.82 Å². The van der Waals surface area contributed by atoms with Crippen molar-refractivity contribution in [2.75, 3.05) is 5.32 Å². The topological polar surface area (TPSA) is 46.2 Å². The number of halogens is 4. The highest BCUT2D eigenvalue weighted by atomic mass is 19.4. The molecule has 1 aliphatic heterocycles. The Morgan fingerprint density at radius 2 is 1.82 bits per heavy atom. The van der Waals surface area contributed by atoms with Gasteiger partial charge in [0.15, 0.2) is 0 Å². The molecule has 0 aliphatic carbocycles. The zero-order chi connectivity index (χ0) is 12.8. The van der Waals surface area contributed by atoms with E-state index in [1.807, 2.05) is 5.32 Å². The Morgan fingerprint density at radius 1 is 1.18 bits per heavy atom. The number of nitrogens with one attached hydrogen (secondary N) is 1. The Kier molecular flexibility index (Phi) is 2.41. The molecule has 0 unspecified atom stereocenters. The van der Waals surface area contributed by atoms with E-state index in [9.17, 15) is 27.2 Å². The third-order valence-corrected chi connectivity index (χ3v) is 2.33. The first kappa shape index (κ1) is 11.6. The Morgan fingerprint density at radius 3 is 2.41 bits per heavy atom. The molecule has 0 saturated carbocycles. The third-order valence-electron chi connectivity index (χ3n) is 2.33. The molecule has 1 aliphatic rings. The fourth-order valence-corrected chi connectivity index (χ4v) is 1.61. The lowest BCUT2D eigenvalue weighted by Gasteiger charge is -2.20. The van der Waals surface area contributed by atoms with E-state index in [4.69, 9.17) is 0 Å². The number of hydrogen-bond acceptors (Lipinski definition) is 2. The summed E-state index contributed by atoms with van der Waals surface area (Å²) in [7, 11) is 0. The Balaban J connectivity index is 2.64. The summed E-state index contributed by atoms with van der Waals surface area (Å²) < 4.78 is 50.7. The summed E-state index contributed by atoms with van der Waals surface area (Å²) in [6.07, 6.45) is -5.32. The molecule has 1 heterocycles. The third kappa shape index (κ3) is 2.00. The van der Waals surface area contributed by atoms with E-state index in [-0.39, 0.29) is 11.6 Å². The lowest BCUT2D eigenvalue weighted by atomic mass is 9.97. The molecule has 0 aromatic heterocycles. The average molecular weight is 247 g/mol. The number of benzene rings is 1. The summed E-state index contributed by atoms with van der Waals surface area (Å²) in [5, 5.41) is 1.84. The van der Waals surface area contributed by atoms with Crippen molar-refractivity contribution in [3.63, 3.8) is 0 Å². The largest absolute Gasteiger partial charge is 0.418 e. The van der Waals surface area contributed by atoms with Crippen LogP contribution in [0.5, 0.6) is 0 Å². The zero-order valence-corrected chi connectivity index (χ0v) is 8.19. The first-order chi connectivity index (χ1) is 7.79. The van der Waals surface area contributed by atoms with Gasteiger partial charge in [-0.2, -0.15) is 13.2 Å². The smallest absolute Gasteiger partial charge is 0.319 e. The fraction of sp³-hybridized carbons (Fsp3) is 0.200. The first-order valence-electron chi connectivity index (χ1n) is 4.53. The van der Waals surface area contributed by atoms with Gasteiger partial charge in [-0.3, -0.25) is 9.59 Å². The summed E-state index contributed by atoms with van der Waals surface area (Å²) in [5.41, 5.74) is -1.99. The van der Waals surface area contributed by atoms with E-state index in [1.165, 1.54) is 0 Å². The highest BCUT2D eigenvalue weighted by molar-refractivity contribution is 6.42. The maximum absolute atomic E-state index is 13.0. The van der Waals surface area contributed by atoms with Crippen molar-refractivity contribution in [3.05, 3.63) is 29.1 Å². The second-order valence-corrected chi connectivity index (χ2v) is 3.54. The van der Waals surface area contributed by atoms with E-state index in [0.717, 1.165) is 6.07 Å². The molecular formula is C10H5F4NO2. The Bertz CT molecular complexity index is 522. The molecule has 0 atom stereocenters. The first-order valence-corrected chi connectivity index (χ1v) is 4.53. The number of Topliss-reactive ketones (excluding diaryl/α,β-unsaturated/α-hetero) is 1. The van der Waals surface area contributed by atoms with Crippen LogP contribution in [-0.2, 0) is 22.2 Å². The van der Waals surface area contributed by atoms with Gasteiger partial charge in [-0.05, 0) is 17.7 Å². The van der Waals surface area contributed by atoms with Gasteiger partial charge < -0.3 is 5.32 Å². The molecule has 0 saturated heterocycles. The van der Waals surface area contributed by atoms with Gasteiger partial charge in [0.25, 0.3) is 5.91 Å². The summed E-state index contributed by atoms with van der Waals surface area (Å²) >= 11 is 0. The summed E-state index contributed by atoms with van der Waals surface area (Å²) in [6.45, 7) is 0. The Hall–Kier alpha value is -1.92. The molecule has 0 radical (unpaired) electrons.